The van der Waals surface area contributed by atoms with Crippen molar-refractivity contribution in [2.45, 2.75) is 26.9 Å². The fourth-order valence-electron chi connectivity index (χ4n) is 1.60. The van der Waals surface area contributed by atoms with Crippen molar-refractivity contribution in [1.82, 2.24) is 5.32 Å². The first-order valence-corrected chi connectivity index (χ1v) is 6.05. The third-order valence-electron chi connectivity index (χ3n) is 2.61. The zero-order valence-corrected chi connectivity index (χ0v) is 11.4. The first kappa shape index (κ1) is 14.5. The van der Waals surface area contributed by atoms with Gasteiger partial charge in [0.2, 0.25) is 0 Å². The van der Waals surface area contributed by atoms with E-state index in [2.05, 4.69) is 5.32 Å². The Bertz CT molecular complexity index is 404. The summed E-state index contributed by atoms with van der Waals surface area (Å²) in [5, 5.41) is 2.75. The van der Waals surface area contributed by atoms with Gasteiger partial charge in [0.25, 0.3) is 5.91 Å². The summed E-state index contributed by atoms with van der Waals surface area (Å²) in [4.78, 5) is 11.7. The molecule has 0 aliphatic carbocycles. The highest BCUT2D eigenvalue weighted by molar-refractivity contribution is 5.80. The van der Waals surface area contributed by atoms with Crippen LogP contribution in [0.4, 0.5) is 0 Å². The lowest BCUT2D eigenvalue weighted by molar-refractivity contribution is -0.127. The second kappa shape index (κ2) is 7.01. The highest BCUT2D eigenvalue weighted by Crippen LogP contribution is 2.19. The van der Waals surface area contributed by atoms with Gasteiger partial charge in [-0.1, -0.05) is 17.7 Å². The standard InChI is InChI=1S/C14H21NO3/c1-10-5-6-13(11(2)9-10)18-12(3)14(16)15-7-8-17-4/h5-6,9,12H,7-8H2,1-4H3,(H,15,16). The molecule has 0 aromatic heterocycles. The van der Waals surface area contributed by atoms with Crippen molar-refractivity contribution in [3.05, 3.63) is 29.3 Å². The highest BCUT2D eigenvalue weighted by atomic mass is 16.5. The number of benzene rings is 1. The Kier molecular flexibility index (Phi) is 5.65. The summed E-state index contributed by atoms with van der Waals surface area (Å²) in [5.74, 6) is 0.613. The Labute approximate surface area is 108 Å². The maximum atomic E-state index is 11.7. The number of aryl methyl sites for hydroxylation is 2. The van der Waals surface area contributed by atoms with Gasteiger partial charge in [-0.05, 0) is 32.4 Å². The second-order valence-electron chi connectivity index (χ2n) is 4.31. The Morgan fingerprint density at radius 1 is 1.39 bits per heavy atom. The summed E-state index contributed by atoms with van der Waals surface area (Å²) >= 11 is 0. The number of hydrogen-bond donors (Lipinski definition) is 1. The number of carbonyl (C=O) groups is 1. The zero-order chi connectivity index (χ0) is 13.5. The van der Waals surface area contributed by atoms with Gasteiger partial charge < -0.3 is 14.8 Å². The Morgan fingerprint density at radius 2 is 2.11 bits per heavy atom. The number of hydrogen-bond acceptors (Lipinski definition) is 3. The molecule has 4 heteroatoms. The number of methoxy groups -OCH3 is 1. The fraction of sp³-hybridized carbons (Fsp3) is 0.500. The van der Waals surface area contributed by atoms with Crippen LogP contribution >= 0.6 is 0 Å². The monoisotopic (exact) mass is 251 g/mol. The number of amides is 1. The van der Waals surface area contributed by atoms with Crippen molar-refractivity contribution in [3.63, 3.8) is 0 Å². The van der Waals surface area contributed by atoms with Crippen LogP contribution in [-0.2, 0) is 9.53 Å². The van der Waals surface area contributed by atoms with Gasteiger partial charge in [0, 0.05) is 13.7 Å². The first-order chi connectivity index (χ1) is 8.54. The van der Waals surface area contributed by atoms with E-state index in [1.807, 2.05) is 32.0 Å². The molecule has 0 saturated heterocycles. The van der Waals surface area contributed by atoms with Gasteiger partial charge in [0.05, 0.1) is 6.61 Å². The van der Waals surface area contributed by atoms with Crippen LogP contribution < -0.4 is 10.1 Å². The summed E-state index contributed by atoms with van der Waals surface area (Å²) in [6, 6.07) is 5.90. The molecule has 18 heavy (non-hydrogen) atoms. The van der Waals surface area contributed by atoms with E-state index in [0.717, 1.165) is 11.3 Å². The molecule has 100 valence electrons. The van der Waals surface area contributed by atoms with E-state index in [9.17, 15) is 4.79 Å². The minimum Gasteiger partial charge on any atom is -0.481 e. The molecule has 0 aliphatic rings. The van der Waals surface area contributed by atoms with Crippen molar-refractivity contribution >= 4 is 5.91 Å². The topological polar surface area (TPSA) is 47.6 Å². The molecule has 1 atom stereocenters. The second-order valence-corrected chi connectivity index (χ2v) is 4.31. The molecular formula is C14H21NO3. The first-order valence-electron chi connectivity index (χ1n) is 6.05. The molecule has 0 fully saturated rings. The van der Waals surface area contributed by atoms with Gasteiger partial charge >= 0.3 is 0 Å². The van der Waals surface area contributed by atoms with E-state index < -0.39 is 6.10 Å². The van der Waals surface area contributed by atoms with Crippen LogP contribution in [0, 0.1) is 13.8 Å². The number of ether oxygens (including phenoxy) is 2. The largest absolute Gasteiger partial charge is 0.481 e. The summed E-state index contributed by atoms with van der Waals surface area (Å²) in [6.07, 6.45) is -0.511. The van der Waals surface area contributed by atoms with Crippen LogP contribution in [0.15, 0.2) is 18.2 Å². The van der Waals surface area contributed by atoms with Gasteiger partial charge in [0.15, 0.2) is 6.10 Å². The third kappa shape index (κ3) is 4.37. The van der Waals surface area contributed by atoms with Gasteiger partial charge in [-0.15, -0.1) is 0 Å². The Balaban J connectivity index is 2.53. The quantitative estimate of drug-likeness (QED) is 0.785. The minimum absolute atomic E-state index is 0.132. The van der Waals surface area contributed by atoms with E-state index in [1.165, 1.54) is 5.56 Å². The van der Waals surface area contributed by atoms with Gasteiger partial charge in [-0.2, -0.15) is 0 Å². The summed E-state index contributed by atoms with van der Waals surface area (Å²) in [7, 11) is 1.60. The van der Waals surface area contributed by atoms with Gasteiger partial charge in [-0.25, -0.2) is 0 Å². The summed E-state index contributed by atoms with van der Waals surface area (Å²) in [5.41, 5.74) is 2.21. The van der Waals surface area contributed by atoms with Crippen molar-refractivity contribution in [2.75, 3.05) is 20.3 Å². The molecule has 0 heterocycles. The van der Waals surface area contributed by atoms with Crippen LogP contribution in [0.1, 0.15) is 18.1 Å². The number of nitrogens with one attached hydrogen (secondary N) is 1. The molecule has 1 aromatic carbocycles. The van der Waals surface area contributed by atoms with E-state index in [-0.39, 0.29) is 5.91 Å². The SMILES string of the molecule is COCCNC(=O)C(C)Oc1ccc(C)cc1C. The Hall–Kier alpha value is -1.55. The summed E-state index contributed by atoms with van der Waals surface area (Å²) < 4.78 is 10.5. The van der Waals surface area contributed by atoms with Crippen molar-refractivity contribution < 1.29 is 14.3 Å². The average molecular weight is 251 g/mol. The van der Waals surface area contributed by atoms with Crippen molar-refractivity contribution in [2.24, 2.45) is 0 Å². The molecule has 0 radical (unpaired) electrons. The van der Waals surface area contributed by atoms with E-state index in [1.54, 1.807) is 14.0 Å². The lowest BCUT2D eigenvalue weighted by atomic mass is 10.1. The highest BCUT2D eigenvalue weighted by Gasteiger charge is 2.14. The molecule has 1 amide bonds. The third-order valence-corrected chi connectivity index (χ3v) is 2.61. The molecule has 4 nitrogen and oxygen atoms in total. The molecule has 1 rings (SSSR count). The predicted molar refractivity (Wildman–Crippen MR) is 70.9 cm³/mol. The normalized spacial score (nSPS) is 12.0. The van der Waals surface area contributed by atoms with Gasteiger partial charge in [0.1, 0.15) is 5.75 Å². The predicted octanol–water partition coefficient (Wildman–Crippen LogP) is 1.83. The minimum atomic E-state index is -0.511. The molecular weight excluding hydrogens is 230 g/mol. The maximum Gasteiger partial charge on any atom is 0.260 e. The lowest BCUT2D eigenvalue weighted by Crippen LogP contribution is -2.38. The molecule has 0 bridgehead atoms. The van der Waals surface area contributed by atoms with Crippen LogP contribution in [0.2, 0.25) is 0 Å². The maximum absolute atomic E-state index is 11.7. The molecule has 1 unspecified atom stereocenters. The number of rotatable bonds is 6. The zero-order valence-electron chi connectivity index (χ0n) is 11.4. The van der Waals surface area contributed by atoms with Crippen LogP contribution in [0.3, 0.4) is 0 Å². The van der Waals surface area contributed by atoms with Crippen molar-refractivity contribution in [3.8, 4) is 5.75 Å². The smallest absolute Gasteiger partial charge is 0.260 e. The van der Waals surface area contributed by atoms with Crippen molar-refractivity contribution in [1.29, 1.82) is 0 Å². The van der Waals surface area contributed by atoms with Gasteiger partial charge in [-0.3, -0.25) is 4.79 Å². The summed E-state index contributed by atoms with van der Waals surface area (Å²) in [6.45, 7) is 6.73. The van der Waals surface area contributed by atoms with Crippen LogP contribution in [0.25, 0.3) is 0 Å². The number of carbonyl (C=O) groups excluding carboxylic acids is 1. The lowest BCUT2D eigenvalue weighted by Gasteiger charge is -2.16. The molecule has 0 spiro atoms. The van der Waals surface area contributed by atoms with Crippen LogP contribution in [0.5, 0.6) is 5.75 Å². The van der Waals surface area contributed by atoms with E-state index in [0.29, 0.717) is 13.2 Å². The molecule has 0 aliphatic heterocycles. The molecule has 1 aromatic rings. The molecule has 0 saturated carbocycles. The van der Waals surface area contributed by atoms with Crippen LogP contribution in [-0.4, -0.2) is 32.3 Å². The van der Waals surface area contributed by atoms with E-state index in [4.69, 9.17) is 9.47 Å². The molecule has 1 N–H and O–H groups in total. The fourth-order valence-corrected chi connectivity index (χ4v) is 1.60. The van der Waals surface area contributed by atoms with E-state index >= 15 is 0 Å². The Morgan fingerprint density at radius 3 is 2.72 bits per heavy atom. The average Bonchev–Trinajstić information content (AvgIpc) is 2.32.